The summed E-state index contributed by atoms with van der Waals surface area (Å²) < 4.78 is 15.6. The molecule has 1 aromatic heterocycles. The van der Waals surface area contributed by atoms with Crippen LogP contribution in [0.5, 0.6) is 0 Å². The van der Waals surface area contributed by atoms with Gasteiger partial charge in [0.15, 0.2) is 6.10 Å². The molecule has 0 aliphatic heterocycles. The molecule has 0 saturated heterocycles. The highest BCUT2D eigenvalue weighted by molar-refractivity contribution is 5.65. The van der Waals surface area contributed by atoms with Crippen LogP contribution in [-0.4, -0.2) is 30.4 Å². The maximum absolute atomic E-state index is 11.2. The average Bonchev–Trinajstić information content (AvgIpc) is 2.44. The molecular formula is C15H24N2O5. The first-order valence-electron chi connectivity index (χ1n) is 6.86. The Hall–Kier alpha value is -1.70. The van der Waals surface area contributed by atoms with E-state index in [4.69, 9.17) is 19.9 Å². The fourth-order valence-corrected chi connectivity index (χ4v) is 2.12. The van der Waals surface area contributed by atoms with Gasteiger partial charge in [0.2, 0.25) is 6.29 Å². The quantitative estimate of drug-likeness (QED) is 0.779. The number of carbonyl (C=O) groups is 1. The van der Waals surface area contributed by atoms with E-state index in [-0.39, 0.29) is 6.61 Å². The standard InChI is InChI=1S/C15H24N2O5/c1-15(2,3)12(22-14(16)19)10-7-6-9(8-18)11(17-10)13(20-4)21-5/h6-7,12-13,18H,8H2,1-5H3,(H2,16,19). The summed E-state index contributed by atoms with van der Waals surface area (Å²) in [6.07, 6.45) is -2.23. The molecule has 0 spiro atoms. The van der Waals surface area contributed by atoms with Crippen molar-refractivity contribution in [1.82, 2.24) is 4.98 Å². The number of nitrogens with zero attached hydrogens (tertiary/aromatic N) is 1. The van der Waals surface area contributed by atoms with Gasteiger partial charge in [0.25, 0.3) is 0 Å². The first-order valence-corrected chi connectivity index (χ1v) is 6.86. The van der Waals surface area contributed by atoms with Gasteiger partial charge in [-0.1, -0.05) is 26.8 Å². The third kappa shape index (κ3) is 4.40. The minimum Gasteiger partial charge on any atom is -0.439 e. The Labute approximate surface area is 130 Å². The van der Waals surface area contributed by atoms with Crippen molar-refractivity contribution < 1.29 is 24.1 Å². The molecule has 0 radical (unpaired) electrons. The van der Waals surface area contributed by atoms with Gasteiger partial charge in [0.1, 0.15) is 5.69 Å². The number of aliphatic hydroxyl groups excluding tert-OH is 1. The first-order chi connectivity index (χ1) is 10.2. The summed E-state index contributed by atoms with van der Waals surface area (Å²) in [5, 5.41) is 9.44. The third-order valence-electron chi connectivity index (χ3n) is 3.14. The summed E-state index contributed by atoms with van der Waals surface area (Å²) in [7, 11) is 2.95. The van der Waals surface area contributed by atoms with E-state index in [0.717, 1.165) is 0 Å². The van der Waals surface area contributed by atoms with Crippen molar-refractivity contribution in [3.05, 3.63) is 29.1 Å². The van der Waals surface area contributed by atoms with E-state index in [1.54, 1.807) is 12.1 Å². The topological polar surface area (TPSA) is 104 Å². The molecule has 1 heterocycles. The maximum Gasteiger partial charge on any atom is 0.405 e. The lowest BCUT2D eigenvalue weighted by Crippen LogP contribution is -2.28. The highest BCUT2D eigenvalue weighted by Gasteiger charge is 2.32. The molecule has 1 amide bonds. The molecule has 0 fully saturated rings. The smallest absolute Gasteiger partial charge is 0.405 e. The number of hydrogen-bond donors (Lipinski definition) is 2. The molecule has 0 aliphatic carbocycles. The fraction of sp³-hybridized carbons (Fsp3) is 0.600. The number of nitrogens with two attached hydrogens (primary N) is 1. The second kappa shape index (κ2) is 7.53. The highest BCUT2D eigenvalue weighted by Crippen LogP contribution is 2.36. The normalized spacial score (nSPS) is 13.2. The molecule has 0 aromatic carbocycles. The summed E-state index contributed by atoms with van der Waals surface area (Å²) in [5.74, 6) is 0. The monoisotopic (exact) mass is 312 g/mol. The van der Waals surface area contributed by atoms with Crippen molar-refractivity contribution in [3.8, 4) is 0 Å². The zero-order chi connectivity index (χ0) is 16.9. The minimum atomic E-state index is -0.871. The molecule has 124 valence electrons. The van der Waals surface area contributed by atoms with Gasteiger partial charge in [-0.25, -0.2) is 9.78 Å². The Balaban J connectivity index is 3.33. The van der Waals surface area contributed by atoms with Crippen LogP contribution in [0.3, 0.4) is 0 Å². The summed E-state index contributed by atoms with van der Waals surface area (Å²) in [6.45, 7) is 5.52. The molecule has 7 heteroatoms. The van der Waals surface area contributed by atoms with Crippen LogP contribution < -0.4 is 5.73 Å². The van der Waals surface area contributed by atoms with E-state index in [2.05, 4.69) is 4.98 Å². The number of aliphatic hydroxyl groups is 1. The van der Waals surface area contributed by atoms with Gasteiger partial charge in [0.05, 0.1) is 12.3 Å². The number of amides is 1. The van der Waals surface area contributed by atoms with Gasteiger partial charge in [-0.3, -0.25) is 0 Å². The van der Waals surface area contributed by atoms with Gasteiger partial charge in [-0.05, 0) is 6.07 Å². The van der Waals surface area contributed by atoms with Crippen LogP contribution in [0.15, 0.2) is 12.1 Å². The first kappa shape index (κ1) is 18.3. The Morgan fingerprint density at radius 3 is 2.32 bits per heavy atom. The Kier molecular flexibility index (Phi) is 6.28. The van der Waals surface area contributed by atoms with Gasteiger partial charge in [-0.15, -0.1) is 0 Å². The number of pyridine rings is 1. The third-order valence-corrected chi connectivity index (χ3v) is 3.14. The minimum absolute atomic E-state index is 0.206. The predicted octanol–water partition coefficient (Wildman–Crippen LogP) is 2.05. The van der Waals surface area contributed by atoms with Crippen molar-refractivity contribution in [1.29, 1.82) is 0 Å². The van der Waals surface area contributed by atoms with E-state index < -0.39 is 23.9 Å². The number of ether oxygens (including phenoxy) is 3. The molecule has 1 rings (SSSR count). The largest absolute Gasteiger partial charge is 0.439 e. The van der Waals surface area contributed by atoms with Crippen molar-refractivity contribution in [2.45, 2.75) is 39.8 Å². The number of methoxy groups -OCH3 is 2. The van der Waals surface area contributed by atoms with Crippen molar-refractivity contribution in [2.24, 2.45) is 11.1 Å². The van der Waals surface area contributed by atoms with Crippen LogP contribution >= 0.6 is 0 Å². The molecule has 0 aliphatic rings. The molecule has 0 bridgehead atoms. The molecule has 7 nitrogen and oxygen atoms in total. The Bertz CT molecular complexity index is 509. The summed E-state index contributed by atoms with van der Waals surface area (Å²) in [5.41, 5.74) is 6.27. The van der Waals surface area contributed by atoms with Crippen LogP contribution in [0.4, 0.5) is 4.79 Å². The number of aromatic nitrogens is 1. The molecule has 1 unspecified atom stereocenters. The Morgan fingerprint density at radius 2 is 1.91 bits per heavy atom. The van der Waals surface area contributed by atoms with Crippen molar-refractivity contribution in [2.75, 3.05) is 14.2 Å². The van der Waals surface area contributed by atoms with E-state index in [9.17, 15) is 9.90 Å². The Morgan fingerprint density at radius 1 is 1.32 bits per heavy atom. The van der Waals surface area contributed by atoms with Crippen LogP contribution in [0.1, 0.15) is 50.1 Å². The van der Waals surface area contributed by atoms with Gasteiger partial charge < -0.3 is 25.1 Å². The lowest BCUT2D eigenvalue weighted by atomic mass is 9.86. The van der Waals surface area contributed by atoms with Crippen molar-refractivity contribution >= 4 is 6.09 Å². The molecule has 0 saturated carbocycles. The van der Waals surface area contributed by atoms with E-state index in [1.165, 1.54) is 14.2 Å². The molecule has 3 N–H and O–H groups in total. The highest BCUT2D eigenvalue weighted by atomic mass is 16.7. The zero-order valence-corrected chi connectivity index (χ0v) is 13.6. The summed E-state index contributed by atoms with van der Waals surface area (Å²) in [4.78, 5) is 15.6. The van der Waals surface area contributed by atoms with Gasteiger partial charge >= 0.3 is 6.09 Å². The van der Waals surface area contributed by atoms with E-state index in [1.807, 2.05) is 20.8 Å². The fourth-order valence-electron chi connectivity index (χ4n) is 2.12. The summed E-state index contributed by atoms with van der Waals surface area (Å²) >= 11 is 0. The maximum atomic E-state index is 11.2. The average molecular weight is 312 g/mol. The second-order valence-electron chi connectivity index (χ2n) is 5.92. The molecule has 22 heavy (non-hydrogen) atoms. The van der Waals surface area contributed by atoms with Crippen molar-refractivity contribution in [3.63, 3.8) is 0 Å². The zero-order valence-electron chi connectivity index (χ0n) is 13.6. The number of carbonyl (C=O) groups excluding carboxylic acids is 1. The van der Waals surface area contributed by atoms with Crippen LogP contribution in [0, 0.1) is 5.41 Å². The lowest BCUT2D eigenvalue weighted by Gasteiger charge is -2.30. The predicted molar refractivity (Wildman–Crippen MR) is 79.8 cm³/mol. The number of rotatable bonds is 6. The van der Waals surface area contributed by atoms with E-state index >= 15 is 0 Å². The van der Waals surface area contributed by atoms with Gasteiger partial charge in [-0.2, -0.15) is 0 Å². The van der Waals surface area contributed by atoms with Crippen LogP contribution in [0.2, 0.25) is 0 Å². The van der Waals surface area contributed by atoms with Gasteiger partial charge in [0, 0.05) is 25.2 Å². The lowest BCUT2D eigenvalue weighted by molar-refractivity contribution is -0.109. The van der Waals surface area contributed by atoms with E-state index in [0.29, 0.717) is 17.0 Å². The second-order valence-corrected chi connectivity index (χ2v) is 5.92. The van der Waals surface area contributed by atoms with Crippen LogP contribution in [-0.2, 0) is 20.8 Å². The number of primary amides is 1. The molecule has 1 aromatic rings. The SMILES string of the molecule is COC(OC)c1nc(C(OC(N)=O)C(C)(C)C)ccc1CO. The van der Waals surface area contributed by atoms with Crippen LogP contribution in [0.25, 0.3) is 0 Å². The molecule has 1 atom stereocenters. The number of hydrogen-bond acceptors (Lipinski definition) is 6. The summed E-state index contributed by atoms with van der Waals surface area (Å²) in [6, 6.07) is 3.39. The molecular weight excluding hydrogens is 288 g/mol.